The second-order valence-electron chi connectivity index (χ2n) is 7.48. The van der Waals surface area contributed by atoms with Gasteiger partial charge >= 0.3 is 5.97 Å². The van der Waals surface area contributed by atoms with E-state index in [1.807, 2.05) is 13.1 Å². The zero-order valence-corrected chi connectivity index (χ0v) is 16.3. The van der Waals surface area contributed by atoms with Crippen molar-refractivity contribution >= 4 is 39.3 Å². The number of rotatable bonds is 3. The molecule has 2 aliphatic rings. The molecule has 4 rings (SSSR count). The topological polar surface area (TPSA) is 62.5 Å². The van der Waals surface area contributed by atoms with Crippen molar-refractivity contribution in [2.75, 3.05) is 0 Å². The maximum atomic E-state index is 11.8. The summed E-state index contributed by atoms with van der Waals surface area (Å²) in [5, 5.41) is 10.9. The lowest BCUT2D eigenvalue weighted by Gasteiger charge is -2.23. The van der Waals surface area contributed by atoms with Gasteiger partial charge in [-0.15, -0.1) is 11.3 Å². The van der Waals surface area contributed by atoms with E-state index in [4.69, 9.17) is 4.98 Å². The lowest BCUT2D eigenvalue weighted by Crippen LogP contribution is -2.15. The number of nitrogens with zero attached hydrogens (tertiary/aromatic N) is 2. The first kappa shape index (κ1) is 17.4. The van der Waals surface area contributed by atoms with E-state index in [0.29, 0.717) is 0 Å². The SMILES string of the molecule is Cc1nc2sc3c(c2c(C2=CC=NC(C)C2)c1C(C)C(=O)O)CCCC3. The second-order valence-corrected chi connectivity index (χ2v) is 8.56. The van der Waals surface area contributed by atoms with E-state index < -0.39 is 11.9 Å². The van der Waals surface area contributed by atoms with Crippen molar-refractivity contribution in [1.29, 1.82) is 0 Å². The Morgan fingerprint density at radius 1 is 1.35 bits per heavy atom. The zero-order valence-electron chi connectivity index (χ0n) is 15.5. The smallest absolute Gasteiger partial charge is 0.310 e. The van der Waals surface area contributed by atoms with Gasteiger partial charge in [0.15, 0.2) is 0 Å². The third kappa shape index (κ3) is 2.78. The summed E-state index contributed by atoms with van der Waals surface area (Å²) in [6, 6.07) is 0.223. The minimum absolute atomic E-state index is 0.223. The van der Waals surface area contributed by atoms with E-state index in [-0.39, 0.29) is 6.04 Å². The monoisotopic (exact) mass is 368 g/mol. The number of thiophene rings is 1. The number of hydrogen-bond acceptors (Lipinski definition) is 4. The van der Waals surface area contributed by atoms with Crippen molar-refractivity contribution in [1.82, 2.24) is 4.98 Å². The molecular formula is C21H24N2O2S. The minimum Gasteiger partial charge on any atom is -0.481 e. The number of fused-ring (bicyclic) bond motifs is 3. The molecule has 0 saturated heterocycles. The Morgan fingerprint density at radius 2 is 2.12 bits per heavy atom. The molecule has 0 saturated carbocycles. The van der Waals surface area contributed by atoms with Crippen molar-refractivity contribution in [2.24, 2.45) is 4.99 Å². The van der Waals surface area contributed by atoms with Crippen LogP contribution in [-0.4, -0.2) is 28.3 Å². The third-order valence-electron chi connectivity index (χ3n) is 5.59. The summed E-state index contributed by atoms with van der Waals surface area (Å²) in [6.45, 7) is 5.84. The quantitative estimate of drug-likeness (QED) is 0.836. The highest BCUT2D eigenvalue weighted by atomic mass is 32.1. The van der Waals surface area contributed by atoms with E-state index in [1.54, 1.807) is 18.3 Å². The summed E-state index contributed by atoms with van der Waals surface area (Å²) in [6.07, 6.45) is 9.42. The van der Waals surface area contributed by atoms with E-state index in [9.17, 15) is 9.90 Å². The fraction of sp³-hybridized carbons (Fsp3) is 0.476. The van der Waals surface area contributed by atoms with Crippen LogP contribution in [0.2, 0.25) is 0 Å². The summed E-state index contributed by atoms with van der Waals surface area (Å²) in [5.41, 5.74) is 5.47. The molecule has 136 valence electrons. The highest BCUT2D eigenvalue weighted by Crippen LogP contribution is 2.44. The zero-order chi connectivity index (χ0) is 18.4. The largest absolute Gasteiger partial charge is 0.481 e. The molecule has 5 heteroatoms. The van der Waals surface area contributed by atoms with Gasteiger partial charge in [-0.05, 0) is 81.2 Å². The molecule has 0 aromatic carbocycles. The van der Waals surface area contributed by atoms with Gasteiger partial charge in [0, 0.05) is 22.2 Å². The fourth-order valence-corrected chi connectivity index (χ4v) is 5.62. The van der Waals surface area contributed by atoms with Crippen LogP contribution >= 0.6 is 11.3 Å². The Labute approximate surface area is 157 Å². The third-order valence-corrected chi connectivity index (χ3v) is 6.77. The molecule has 2 aromatic rings. The number of aromatic nitrogens is 1. The molecule has 2 unspecified atom stereocenters. The molecule has 0 fully saturated rings. The number of aliphatic imine (C=N–C) groups is 1. The minimum atomic E-state index is -0.794. The summed E-state index contributed by atoms with van der Waals surface area (Å²) in [7, 11) is 0. The van der Waals surface area contributed by atoms with Crippen molar-refractivity contribution in [3.8, 4) is 0 Å². The first-order valence-electron chi connectivity index (χ1n) is 9.37. The van der Waals surface area contributed by atoms with Crippen LogP contribution in [-0.2, 0) is 17.6 Å². The number of aliphatic carboxylic acids is 1. The van der Waals surface area contributed by atoms with Crippen molar-refractivity contribution in [3.05, 3.63) is 33.3 Å². The first-order valence-corrected chi connectivity index (χ1v) is 10.2. The Balaban J connectivity index is 2.07. The molecule has 26 heavy (non-hydrogen) atoms. The molecule has 0 amide bonds. The average Bonchev–Trinajstić information content (AvgIpc) is 2.97. The van der Waals surface area contributed by atoms with Gasteiger partial charge in [0.25, 0.3) is 0 Å². The van der Waals surface area contributed by atoms with Crippen LogP contribution in [0.25, 0.3) is 15.8 Å². The van der Waals surface area contributed by atoms with Gasteiger partial charge in [-0.2, -0.15) is 0 Å². The van der Waals surface area contributed by atoms with Gasteiger partial charge in [-0.25, -0.2) is 4.98 Å². The number of carbonyl (C=O) groups is 1. The Hall–Kier alpha value is -2.01. The highest BCUT2D eigenvalue weighted by molar-refractivity contribution is 7.18. The molecule has 0 radical (unpaired) electrons. The van der Waals surface area contributed by atoms with Crippen molar-refractivity contribution in [2.45, 2.75) is 64.8 Å². The molecule has 0 bridgehead atoms. The molecule has 1 N–H and O–H groups in total. The van der Waals surface area contributed by atoms with E-state index in [2.05, 4.69) is 18.0 Å². The second kappa shape index (κ2) is 6.62. The van der Waals surface area contributed by atoms with Crippen LogP contribution in [0, 0.1) is 6.92 Å². The predicted octanol–water partition coefficient (Wildman–Crippen LogP) is 4.92. The fourth-order valence-electron chi connectivity index (χ4n) is 4.31. The van der Waals surface area contributed by atoms with Crippen molar-refractivity contribution in [3.63, 3.8) is 0 Å². The van der Waals surface area contributed by atoms with E-state index >= 15 is 0 Å². The van der Waals surface area contributed by atoms with Crippen LogP contribution in [0.1, 0.15) is 66.3 Å². The number of allylic oxidation sites excluding steroid dienone is 1. The number of hydrogen-bond donors (Lipinski definition) is 1. The lowest BCUT2D eigenvalue weighted by molar-refractivity contribution is -0.138. The summed E-state index contributed by atoms with van der Waals surface area (Å²) in [5.74, 6) is -1.37. The summed E-state index contributed by atoms with van der Waals surface area (Å²) in [4.78, 5) is 23.7. The molecule has 2 aromatic heterocycles. The Kier molecular flexibility index (Phi) is 4.43. The molecule has 1 aliphatic heterocycles. The summed E-state index contributed by atoms with van der Waals surface area (Å²) < 4.78 is 0. The lowest BCUT2D eigenvalue weighted by atomic mass is 9.83. The molecule has 0 spiro atoms. The predicted molar refractivity (Wildman–Crippen MR) is 108 cm³/mol. The van der Waals surface area contributed by atoms with Crippen LogP contribution in [0.3, 0.4) is 0 Å². The molecular weight excluding hydrogens is 344 g/mol. The standard InChI is InChI=1S/C21H24N2O2S/c1-11-10-14(8-9-22-11)18-17(12(2)21(24)25)13(3)23-20-19(18)15-6-4-5-7-16(15)26-20/h8-9,11-12H,4-7,10H2,1-3H3,(H,24,25). The van der Waals surface area contributed by atoms with Crippen LogP contribution in [0.4, 0.5) is 0 Å². The molecule has 1 aliphatic carbocycles. The Bertz CT molecular complexity index is 955. The van der Waals surface area contributed by atoms with E-state index in [1.165, 1.54) is 34.2 Å². The normalized spacial score (nSPS) is 20.7. The average molecular weight is 369 g/mol. The van der Waals surface area contributed by atoms with Crippen LogP contribution in [0.15, 0.2) is 11.1 Å². The van der Waals surface area contributed by atoms with Gasteiger partial charge in [-0.3, -0.25) is 9.79 Å². The maximum Gasteiger partial charge on any atom is 0.310 e. The molecule has 2 atom stereocenters. The number of aryl methyl sites for hydroxylation is 3. The Morgan fingerprint density at radius 3 is 2.85 bits per heavy atom. The number of carboxylic acids is 1. The highest BCUT2D eigenvalue weighted by Gasteiger charge is 2.29. The van der Waals surface area contributed by atoms with Crippen LogP contribution in [0.5, 0.6) is 0 Å². The van der Waals surface area contributed by atoms with Gasteiger partial charge in [-0.1, -0.05) is 0 Å². The van der Waals surface area contributed by atoms with Gasteiger partial charge in [0.05, 0.1) is 12.0 Å². The first-order chi connectivity index (χ1) is 12.5. The summed E-state index contributed by atoms with van der Waals surface area (Å²) >= 11 is 1.80. The number of carboxylic acid groups (broad SMARTS) is 1. The van der Waals surface area contributed by atoms with Gasteiger partial charge < -0.3 is 5.11 Å². The number of dihydropyridines is 1. The van der Waals surface area contributed by atoms with Crippen molar-refractivity contribution < 1.29 is 9.90 Å². The van der Waals surface area contributed by atoms with Crippen LogP contribution < -0.4 is 0 Å². The van der Waals surface area contributed by atoms with Gasteiger partial charge in [0.1, 0.15) is 4.83 Å². The van der Waals surface area contributed by atoms with E-state index in [0.717, 1.165) is 40.9 Å². The molecule has 4 nitrogen and oxygen atoms in total. The number of pyridine rings is 1. The van der Waals surface area contributed by atoms with Gasteiger partial charge in [0.2, 0.25) is 0 Å². The molecule has 3 heterocycles. The maximum absolute atomic E-state index is 11.8.